The molecule has 25 heavy (non-hydrogen) atoms. The van der Waals surface area contributed by atoms with E-state index < -0.39 is 11.9 Å². The summed E-state index contributed by atoms with van der Waals surface area (Å²) >= 11 is 3.43. The minimum atomic E-state index is -0.480. The smallest absolute Gasteiger partial charge is 0.329 e. The summed E-state index contributed by atoms with van der Waals surface area (Å²) in [7, 11) is 0. The van der Waals surface area contributed by atoms with Crippen LogP contribution in [0.4, 0.5) is 4.79 Å². The predicted molar refractivity (Wildman–Crippen MR) is 98.1 cm³/mol. The number of amides is 3. The van der Waals surface area contributed by atoms with Crippen LogP contribution >= 0.6 is 15.9 Å². The van der Waals surface area contributed by atoms with Gasteiger partial charge in [0.2, 0.25) is 0 Å². The fourth-order valence-electron chi connectivity index (χ4n) is 2.18. The molecule has 0 aliphatic carbocycles. The Bertz CT molecular complexity index is 780. The molecule has 0 saturated carbocycles. The molecule has 6 nitrogen and oxygen atoms in total. The first-order valence-corrected chi connectivity index (χ1v) is 8.29. The normalized spacial score (nSPS) is 15.1. The summed E-state index contributed by atoms with van der Waals surface area (Å²) in [5.41, 5.74) is 0.827. The molecule has 1 fully saturated rings. The second-order valence-electron chi connectivity index (χ2n) is 4.94. The van der Waals surface area contributed by atoms with E-state index in [-0.39, 0.29) is 18.8 Å². The molecule has 1 aliphatic rings. The second-order valence-corrected chi connectivity index (χ2v) is 5.79. The lowest BCUT2D eigenvalue weighted by molar-refractivity contribution is -0.122. The van der Waals surface area contributed by atoms with Crippen molar-refractivity contribution in [1.29, 1.82) is 0 Å². The van der Waals surface area contributed by atoms with E-state index in [0.717, 1.165) is 4.90 Å². The maximum absolute atomic E-state index is 12.3. The SMILES string of the molecule is C#CCOc1cc(Br)c(/C=C2/NC(=O)N(CC=C)C2=O)cc1OCC. The van der Waals surface area contributed by atoms with Crippen molar-refractivity contribution in [1.82, 2.24) is 10.2 Å². The molecule has 0 aromatic heterocycles. The minimum absolute atomic E-state index is 0.109. The number of hydrogen-bond acceptors (Lipinski definition) is 4. The monoisotopic (exact) mass is 404 g/mol. The van der Waals surface area contributed by atoms with Crippen LogP contribution in [-0.2, 0) is 4.79 Å². The Balaban J connectivity index is 2.37. The van der Waals surface area contributed by atoms with Gasteiger partial charge < -0.3 is 14.8 Å². The summed E-state index contributed by atoms with van der Waals surface area (Å²) in [4.78, 5) is 25.2. The van der Waals surface area contributed by atoms with E-state index in [9.17, 15) is 9.59 Å². The molecule has 0 radical (unpaired) electrons. The van der Waals surface area contributed by atoms with E-state index in [2.05, 4.69) is 33.7 Å². The lowest BCUT2D eigenvalue weighted by Crippen LogP contribution is -2.30. The zero-order valence-corrected chi connectivity index (χ0v) is 15.3. The fraction of sp³-hybridized carbons (Fsp3) is 0.222. The number of halogens is 1. The maximum atomic E-state index is 12.3. The maximum Gasteiger partial charge on any atom is 0.329 e. The van der Waals surface area contributed by atoms with Crippen LogP contribution < -0.4 is 14.8 Å². The van der Waals surface area contributed by atoms with Gasteiger partial charge in [0.15, 0.2) is 11.5 Å². The van der Waals surface area contributed by atoms with E-state index in [4.69, 9.17) is 15.9 Å². The fourth-order valence-corrected chi connectivity index (χ4v) is 2.62. The first kappa shape index (κ1) is 18.6. The van der Waals surface area contributed by atoms with Crippen LogP contribution in [0.25, 0.3) is 6.08 Å². The summed E-state index contributed by atoms with van der Waals surface area (Å²) < 4.78 is 11.7. The van der Waals surface area contributed by atoms with Gasteiger partial charge in [0.05, 0.1) is 6.61 Å². The number of terminal acetylenes is 1. The molecule has 0 spiro atoms. The van der Waals surface area contributed by atoms with Gasteiger partial charge in [0.25, 0.3) is 5.91 Å². The minimum Gasteiger partial charge on any atom is -0.490 e. The lowest BCUT2D eigenvalue weighted by atomic mass is 10.1. The Labute approximate surface area is 154 Å². The van der Waals surface area contributed by atoms with E-state index in [1.807, 2.05) is 6.92 Å². The quantitative estimate of drug-likeness (QED) is 0.328. The Morgan fingerprint density at radius 2 is 2.08 bits per heavy atom. The summed E-state index contributed by atoms with van der Waals surface area (Å²) in [6.07, 6.45) is 8.27. The molecule has 0 bridgehead atoms. The van der Waals surface area contributed by atoms with Gasteiger partial charge in [-0.2, -0.15) is 0 Å². The molecule has 3 amide bonds. The number of nitrogens with zero attached hydrogens (tertiary/aromatic N) is 1. The first-order valence-electron chi connectivity index (χ1n) is 7.49. The van der Waals surface area contributed by atoms with Crippen LogP contribution in [0.5, 0.6) is 11.5 Å². The summed E-state index contributed by atoms with van der Waals surface area (Å²) in [5.74, 6) is 2.96. The van der Waals surface area contributed by atoms with Crippen LogP contribution in [0.2, 0.25) is 0 Å². The van der Waals surface area contributed by atoms with Crippen LogP contribution in [0.1, 0.15) is 12.5 Å². The number of urea groups is 1. The number of carbonyl (C=O) groups is 2. The zero-order valence-electron chi connectivity index (χ0n) is 13.7. The van der Waals surface area contributed by atoms with Crippen LogP contribution in [0.15, 0.2) is 35.0 Å². The number of imide groups is 1. The predicted octanol–water partition coefficient (Wildman–Crippen LogP) is 2.94. The largest absolute Gasteiger partial charge is 0.490 e. The van der Waals surface area contributed by atoms with Crippen molar-refractivity contribution in [3.05, 3.63) is 40.5 Å². The van der Waals surface area contributed by atoms with Crippen LogP contribution in [0.3, 0.4) is 0 Å². The van der Waals surface area contributed by atoms with Gasteiger partial charge in [0.1, 0.15) is 12.3 Å². The van der Waals surface area contributed by atoms with Crippen molar-refractivity contribution in [3.8, 4) is 23.8 Å². The number of carbonyl (C=O) groups excluding carboxylic acids is 2. The highest BCUT2D eigenvalue weighted by molar-refractivity contribution is 9.10. The molecule has 1 saturated heterocycles. The third-order valence-corrected chi connectivity index (χ3v) is 3.93. The van der Waals surface area contributed by atoms with E-state index in [1.165, 1.54) is 6.08 Å². The van der Waals surface area contributed by atoms with Gasteiger partial charge in [-0.05, 0) is 30.7 Å². The van der Waals surface area contributed by atoms with Crippen molar-refractivity contribution < 1.29 is 19.1 Å². The van der Waals surface area contributed by atoms with E-state index in [1.54, 1.807) is 18.2 Å². The molecule has 1 N–H and O–H groups in total. The van der Waals surface area contributed by atoms with Gasteiger partial charge in [0, 0.05) is 11.0 Å². The molecule has 1 aromatic carbocycles. The average molecular weight is 405 g/mol. The van der Waals surface area contributed by atoms with Crippen molar-refractivity contribution >= 4 is 33.9 Å². The Morgan fingerprint density at radius 3 is 2.72 bits per heavy atom. The number of nitrogens with one attached hydrogen (secondary N) is 1. The molecular weight excluding hydrogens is 388 g/mol. The lowest BCUT2D eigenvalue weighted by Gasteiger charge is -2.13. The number of rotatable bonds is 7. The first-order chi connectivity index (χ1) is 12.0. The van der Waals surface area contributed by atoms with Gasteiger partial charge in [-0.3, -0.25) is 9.69 Å². The van der Waals surface area contributed by atoms with E-state index in [0.29, 0.717) is 28.1 Å². The van der Waals surface area contributed by atoms with Crippen molar-refractivity contribution in [3.63, 3.8) is 0 Å². The Hall–Kier alpha value is -2.72. The molecule has 0 atom stereocenters. The number of benzene rings is 1. The Kier molecular flexibility index (Phi) is 6.25. The highest BCUT2D eigenvalue weighted by Gasteiger charge is 2.32. The summed E-state index contributed by atoms with van der Waals surface area (Å²) in [5, 5.41) is 2.55. The van der Waals surface area contributed by atoms with Gasteiger partial charge >= 0.3 is 6.03 Å². The van der Waals surface area contributed by atoms with E-state index >= 15 is 0 Å². The molecule has 1 aromatic rings. The van der Waals surface area contributed by atoms with Crippen molar-refractivity contribution in [2.75, 3.05) is 19.8 Å². The molecule has 1 aliphatic heterocycles. The van der Waals surface area contributed by atoms with Gasteiger partial charge in [-0.25, -0.2) is 4.79 Å². The number of hydrogen-bond donors (Lipinski definition) is 1. The summed E-state index contributed by atoms with van der Waals surface area (Å²) in [6, 6.07) is 2.94. The number of ether oxygens (including phenoxy) is 2. The third-order valence-electron chi connectivity index (χ3n) is 3.25. The van der Waals surface area contributed by atoms with Crippen molar-refractivity contribution in [2.24, 2.45) is 0 Å². The molecule has 1 heterocycles. The van der Waals surface area contributed by atoms with Gasteiger partial charge in [-0.15, -0.1) is 13.0 Å². The average Bonchev–Trinajstić information content (AvgIpc) is 2.84. The molecular formula is C18H17BrN2O4. The molecule has 0 unspecified atom stereocenters. The Morgan fingerprint density at radius 1 is 1.36 bits per heavy atom. The zero-order chi connectivity index (χ0) is 18.4. The molecule has 130 valence electrons. The molecule has 7 heteroatoms. The highest BCUT2D eigenvalue weighted by atomic mass is 79.9. The third kappa shape index (κ3) is 4.22. The highest BCUT2D eigenvalue weighted by Crippen LogP contribution is 2.35. The van der Waals surface area contributed by atoms with Crippen LogP contribution in [0, 0.1) is 12.3 Å². The van der Waals surface area contributed by atoms with Crippen molar-refractivity contribution in [2.45, 2.75) is 6.92 Å². The van der Waals surface area contributed by atoms with Crippen LogP contribution in [-0.4, -0.2) is 36.6 Å². The second kappa shape index (κ2) is 8.40. The molecule has 2 rings (SSSR count). The summed E-state index contributed by atoms with van der Waals surface area (Å²) in [6.45, 7) is 6.07. The topological polar surface area (TPSA) is 67.9 Å². The standard InChI is InChI=1S/C18H17BrN2O4/c1-4-7-21-17(22)14(20-18(21)23)9-12-10-15(24-6-3)16(11-13(12)19)25-8-5-2/h2,4,9-11H,1,6-8H2,3H3,(H,20,23)/b14-9+. The van der Waals surface area contributed by atoms with Gasteiger partial charge in [-0.1, -0.05) is 27.9 Å².